The van der Waals surface area contributed by atoms with Crippen LogP contribution >= 0.6 is 11.3 Å². The van der Waals surface area contributed by atoms with Crippen molar-refractivity contribution >= 4 is 38.3 Å². The smallest absolute Gasteiger partial charge is 0.227 e. The molecule has 1 saturated heterocycles. The molecule has 0 atom stereocenters. The van der Waals surface area contributed by atoms with Crippen LogP contribution in [0.1, 0.15) is 5.56 Å². The molecule has 0 unspecified atom stereocenters. The van der Waals surface area contributed by atoms with Crippen molar-refractivity contribution in [2.45, 2.75) is 6.42 Å². The number of piperazine rings is 1. The Morgan fingerprint density at radius 3 is 2.45 bits per heavy atom. The van der Waals surface area contributed by atoms with Gasteiger partial charge in [-0.15, -0.1) is 0 Å². The van der Waals surface area contributed by atoms with Gasteiger partial charge in [0.15, 0.2) is 10.9 Å². The number of aromatic nitrogens is 1. The molecule has 1 fully saturated rings. The Labute approximate surface area is 172 Å². The van der Waals surface area contributed by atoms with Crippen molar-refractivity contribution < 1.29 is 13.6 Å². The van der Waals surface area contributed by atoms with Crippen LogP contribution in [0.3, 0.4) is 0 Å². The summed E-state index contributed by atoms with van der Waals surface area (Å²) in [6.45, 7) is 2.41. The highest BCUT2D eigenvalue weighted by atomic mass is 32.1. The topological polar surface area (TPSA) is 39.7 Å². The maximum atomic E-state index is 13.9. The number of nitrogens with zero attached hydrogens (tertiary/aromatic N) is 4. The van der Waals surface area contributed by atoms with Gasteiger partial charge in [0, 0.05) is 52.0 Å². The fourth-order valence-corrected chi connectivity index (χ4v) is 4.48. The van der Waals surface area contributed by atoms with Gasteiger partial charge in [-0.1, -0.05) is 23.5 Å². The Kier molecular flexibility index (Phi) is 5.36. The molecule has 0 saturated carbocycles. The van der Waals surface area contributed by atoms with E-state index in [1.807, 2.05) is 53.1 Å². The van der Waals surface area contributed by atoms with Gasteiger partial charge in [-0.25, -0.2) is 13.8 Å². The van der Waals surface area contributed by atoms with Crippen LogP contribution in [0.2, 0.25) is 0 Å². The average Bonchev–Trinajstić information content (AvgIpc) is 3.13. The largest absolute Gasteiger partial charge is 0.378 e. The zero-order chi connectivity index (χ0) is 20.5. The van der Waals surface area contributed by atoms with Crippen LogP contribution in [0.4, 0.5) is 19.6 Å². The minimum Gasteiger partial charge on any atom is -0.378 e. The summed E-state index contributed by atoms with van der Waals surface area (Å²) in [7, 11) is 3.96. The number of carbonyl (C=O) groups is 1. The number of halogens is 2. The molecule has 3 aromatic rings. The van der Waals surface area contributed by atoms with Gasteiger partial charge in [0.05, 0.1) is 11.1 Å². The lowest BCUT2D eigenvalue weighted by Crippen LogP contribution is -2.49. The van der Waals surface area contributed by atoms with Crippen LogP contribution < -0.4 is 9.80 Å². The molecular weight excluding hydrogens is 394 g/mol. The standard InChI is InChI=1S/C21H22F2N4OS/c1-25(2)16-5-3-14(4-6-16)11-19(28)26-7-9-27(10-8-26)21-24-20-17(23)12-15(22)13-18(20)29-21/h3-6,12-13H,7-11H2,1-2H3. The van der Waals surface area contributed by atoms with Crippen LogP contribution in [0.5, 0.6) is 0 Å². The van der Waals surface area contributed by atoms with E-state index in [1.165, 1.54) is 17.4 Å². The lowest BCUT2D eigenvalue weighted by atomic mass is 10.1. The summed E-state index contributed by atoms with van der Waals surface area (Å²) in [6.07, 6.45) is 0.374. The second kappa shape index (κ2) is 7.94. The third-order valence-corrected chi connectivity index (χ3v) is 6.18. The molecule has 1 aromatic heterocycles. The van der Waals surface area contributed by atoms with E-state index in [-0.39, 0.29) is 11.4 Å². The van der Waals surface area contributed by atoms with Crippen molar-refractivity contribution in [1.82, 2.24) is 9.88 Å². The number of fused-ring (bicyclic) bond motifs is 1. The fraction of sp³-hybridized carbons (Fsp3) is 0.333. The molecule has 1 aliphatic rings. The van der Waals surface area contributed by atoms with E-state index in [9.17, 15) is 13.6 Å². The number of benzene rings is 2. The maximum absolute atomic E-state index is 13.9. The number of rotatable bonds is 4. The molecule has 5 nitrogen and oxygen atoms in total. The van der Waals surface area contributed by atoms with Crippen molar-refractivity contribution in [3.63, 3.8) is 0 Å². The van der Waals surface area contributed by atoms with Gasteiger partial charge in [-0.2, -0.15) is 0 Å². The molecule has 152 valence electrons. The predicted molar refractivity (Wildman–Crippen MR) is 113 cm³/mol. The number of anilines is 2. The molecule has 4 rings (SSSR count). The zero-order valence-electron chi connectivity index (χ0n) is 16.4. The lowest BCUT2D eigenvalue weighted by molar-refractivity contribution is -0.130. The second-order valence-corrected chi connectivity index (χ2v) is 8.35. The van der Waals surface area contributed by atoms with Crippen molar-refractivity contribution in [3.8, 4) is 0 Å². The predicted octanol–water partition coefficient (Wildman–Crippen LogP) is 3.53. The summed E-state index contributed by atoms with van der Waals surface area (Å²) >= 11 is 1.28. The van der Waals surface area contributed by atoms with Gasteiger partial charge in [-0.05, 0) is 23.8 Å². The Hall–Kier alpha value is -2.74. The van der Waals surface area contributed by atoms with Crippen molar-refractivity contribution in [2.24, 2.45) is 0 Å². The molecule has 0 aliphatic carbocycles. The van der Waals surface area contributed by atoms with Crippen LogP contribution in [-0.2, 0) is 11.2 Å². The lowest BCUT2D eigenvalue weighted by Gasteiger charge is -2.34. The number of thiazole rings is 1. The molecule has 0 N–H and O–H groups in total. The highest BCUT2D eigenvalue weighted by Gasteiger charge is 2.24. The Bertz CT molecular complexity index is 1030. The van der Waals surface area contributed by atoms with Gasteiger partial charge in [0.1, 0.15) is 11.3 Å². The molecule has 2 aromatic carbocycles. The molecule has 29 heavy (non-hydrogen) atoms. The number of carbonyl (C=O) groups excluding carboxylic acids is 1. The first-order valence-corrected chi connectivity index (χ1v) is 10.3. The number of hydrogen-bond donors (Lipinski definition) is 0. The number of hydrogen-bond acceptors (Lipinski definition) is 5. The van der Waals surface area contributed by atoms with E-state index in [4.69, 9.17) is 0 Å². The second-order valence-electron chi connectivity index (χ2n) is 7.34. The summed E-state index contributed by atoms with van der Waals surface area (Å²) < 4.78 is 27.8. The van der Waals surface area contributed by atoms with Crippen LogP contribution in [0.15, 0.2) is 36.4 Å². The van der Waals surface area contributed by atoms with Crippen molar-refractivity contribution in [1.29, 1.82) is 0 Å². The summed E-state index contributed by atoms with van der Waals surface area (Å²) in [6, 6.07) is 10.1. The third-order valence-electron chi connectivity index (χ3n) is 5.11. The molecular formula is C21H22F2N4OS. The maximum Gasteiger partial charge on any atom is 0.227 e. The molecule has 8 heteroatoms. The van der Waals surface area contributed by atoms with Gasteiger partial charge >= 0.3 is 0 Å². The Morgan fingerprint density at radius 1 is 1.10 bits per heavy atom. The van der Waals surface area contributed by atoms with Crippen LogP contribution in [0, 0.1) is 11.6 Å². The van der Waals surface area contributed by atoms with Gasteiger partial charge < -0.3 is 14.7 Å². The molecule has 2 heterocycles. The first kappa shape index (κ1) is 19.6. The highest BCUT2D eigenvalue weighted by molar-refractivity contribution is 7.22. The minimum atomic E-state index is -0.642. The van der Waals surface area contributed by atoms with E-state index in [1.54, 1.807) is 0 Å². The molecule has 0 radical (unpaired) electrons. The third kappa shape index (κ3) is 4.17. The Balaban J connectivity index is 1.37. The van der Waals surface area contributed by atoms with E-state index in [0.29, 0.717) is 42.4 Å². The van der Waals surface area contributed by atoms with Crippen LogP contribution in [0.25, 0.3) is 10.2 Å². The monoisotopic (exact) mass is 416 g/mol. The number of amides is 1. The van der Waals surface area contributed by atoms with E-state index in [2.05, 4.69) is 4.98 Å². The molecule has 1 aliphatic heterocycles. The normalized spacial score (nSPS) is 14.5. The van der Waals surface area contributed by atoms with Gasteiger partial charge in [0.2, 0.25) is 5.91 Å². The van der Waals surface area contributed by atoms with E-state index in [0.717, 1.165) is 17.3 Å². The average molecular weight is 416 g/mol. The summed E-state index contributed by atoms with van der Waals surface area (Å²) in [5.41, 5.74) is 2.29. The van der Waals surface area contributed by atoms with E-state index >= 15 is 0 Å². The summed E-state index contributed by atoms with van der Waals surface area (Å²) in [5, 5.41) is 0.663. The minimum absolute atomic E-state index is 0.0969. The van der Waals surface area contributed by atoms with Gasteiger partial charge in [0.25, 0.3) is 0 Å². The fourth-order valence-electron chi connectivity index (χ4n) is 3.43. The van der Waals surface area contributed by atoms with Gasteiger partial charge in [-0.3, -0.25) is 4.79 Å². The summed E-state index contributed by atoms with van der Waals surface area (Å²) in [4.78, 5) is 22.9. The molecule has 0 spiro atoms. The SMILES string of the molecule is CN(C)c1ccc(CC(=O)N2CCN(c3nc4c(F)cc(F)cc4s3)CC2)cc1. The summed E-state index contributed by atoms with van der Waals surface area (Å²) in [5.74, 6) is -1.14. The zero-order valence-corrected chi connectivity index (χ0v) is 17.2. The first-order valence-electron chi connectivity index (χ1n) is 9.45. The van der Waals surface area contributed by atoms with E-state index < -0.39 is 11.6 Å². The quantitative estimate of drug-likeness (QED) is 0.652. The Morgan fingerprint density at radius 2 is 1.79 bits per heavy atom. The van der Waals surface area contributed by atoms with Crippen molar-refractivity contribution in [2.75, 3.05) is 50.1 Å². The first-order chi connectivity index (χ1) is 13.9. The van der Waals surface area contributed by atoms with Crippen LogP contribution in [-0.4, -0.2) is 56.1 Å². The molecule has 0 bridgehead atoms. The molecule has 1 amide bonds. The van der Waals surface area contributed by atoms with Crippen molar-refractivity contribution in [3.05, 3.63) is 53.6 Å². The highest BCUT2D eigenvalue weighted by Crippen LogP contribution is 2.31.